The Morgan fingerprint density at radius 3 is 2.62 bits per heavy atom. The van der Waals surface area contributed by atoms with Gasteiger partial charge in [0.2, 0.25) is 5.91 Å². The Hall–Kier alpha value is -1.95. The van der Waals surface area contributed by atoms with Crippen LogP contribution in [-0.2, 0) is 4.79 Å². The first-order valence-corrected chi connectivity index (χ1v) is 7.33. The number of nitro groups is 1. The van der Waals surface area contributed by atoms with Gasteiger partial charge in [0.15, 0.2) is 0 Å². The lowest BCUT2D eigenvalue weighted by atomic mass is 10.1. The molecule has 6 heteroatoms. The molecule has 2 N–H and O–H groups in total. The van der Waals surface area contributed by atoms with Crippen LogP contribution in [-0.4, -0.2) is 23.4 Å². The van der Waals surface area contributed by atoms with Crippen molar-refractivity contribution in [2.45, 2.75) is 44.7 Å². The zero-order valence-electron chi connectivity index (χ0n) is 12.2. The average Bonchev–Trinajstić information content (AvgIpc) is 3.27. The van der Waals surface area contributed by atoms with Crippen molar-refractivity contribution in [1.29, 1.82) is 0 Å². The van der Waals surface area contributed by atoms with Crippen LogP contribution in [0.15, 0.2) is 24.3 Å². The first kappa shape index (κ1) is 15.4. The smallest absolute Gasteiger partial charge is 0.269 e. The maximum Gasteiger partial charge on any atom is 0.269 e. The number of hydrogen-bond acceptors (Lipinski definition) is 4. The zero-order valence-corrected chi connectivity index (χ0v) is 12.2. The largest absolute Gasteiger partial charge is 0.353 e. The molecule has 0 bridgehead atoms. The quantitative estimate of drug-likeness (QED) is 0.437. The Morgan fingerprint density at radius 1 is 1.38 bits per heavy atom. The molecule has 1 unspecified atom stereocenters. The molecular weight excluding hydrogens is 270 g/mol. The fourth-order valence-corrected chi connectivity index (χ4v) is 2.10. The molecule has 1 aliphatic carbocycles. The lowest BCUT2D eigenvalue weighted by molar-refractivity contribution is -0.384. The Balaban J connectivity index is 1.67. The Kier molecular flexibility index (Phi) is 5.27. The van der Waals surface area contributed by atoms with Crippen LogP contribution in [0.4, 0.5) is 5.69 Å². The van der Waals surface area contributed by atoms with Crippen LogP contribution >= 0.6 is 0 Å². The Morgan fingerprint density at radius 2 is 2.05 bits per heavy atom. The molecule has 21 heavy (non-hydrogen) atoms. The molecule has 0 saturated heterocycles. The summed E-state index contributed by atoms with van der Waals surface area (Å²) in [7, 11) is 0. The van der Waals surface area contributed by atoms with Crippen LogP contribution in [0.2, 0.25) is 0 Å². The first-order valence-electron chi connectivity index (χ1n) is 7.33. The second kappa shape index (κ2) is 7.17. The van der Waals surface area contributed by atoms with Gasteiger partial charge in [-0.25, -0.2) is 0 Å². The van der Waals surface area contributed by atoms with Crippen LogP contribution in [0.5, 0.6) is 0 Å². The number of non-ortho nitro benzene ring substituents is 1. The number of carbonyl (C=O) groups is 1. The van der Waals surface area contributed by atoms with E-state index in [0.717, 1.165) is 31.4 Å². The van der Waals surface area contributed by atoms with Gasteiger partial charge >= 0.3 is 0 Å². The number of rotatable bonds is 8. The van der Waals surface area contributed by atoms with Gasteiger partial charge in [-0.3, -0.25) is 14.9 Å². The van der Waals surface area contributed by atoms with Gasteiger partial charge in [0, 0.05) is 30.6 Å². The highest BCUT2D eigenvalue weighted by molar-refractivity contribution is 5.76. The van der Waals surface area contributed by atoms with Crippen molar-refractivity contribution in [2.75, 3.05) is 6.54 Å². The molecule has 1 fully saturated rings. The predicted molar refractivity (Wildman–Crippen MR) is 79.9 cm³/mol. The van der Waals surface area contributed by atoms with Crippen molar-refractivity contribution in [3.63, 3.8) is 0 Å². The second-order valence-electron chi connectivity index (χ2n) is 5.47. The molecule has 1 atom stereocenters. The molecule has 0 spiro atoms. The number of hydrogen-bond donors (Lipinski definition) is 2. The molecule has 0 heterocycles. The predicted octanol–water partition coefficient (Wildman–Crippen LogP) is 2.30. The van der Waals surface area contributed by atoms with Crippen molar-refractivity contribution in [3.05, 3.63) is 39.9 Å². The summed E-state index contributed by atoms with van der Waals surface area (Å²) in [5.41, 5.74) is 1.10. The first-order chi connectivity index (χ1) is 10.1. The summed E-state index contributed by atoms with van der Waals surface area (Å²) in [5, 5.41) is 16.9. The summed E-state index contributed by atoms with van der Waals surface area (Å²) in [5.74, 6) is 0.127. The van der Waals surface area contributed by atoms with E-state index in [-0.39, 0.29) is 17.6 Å². The second-order valence-corrected chi connectivity index (χ2v) is 5.47. The summed E-state index contributed by atoms with van der Waals surface area (Å²) in [6.07, 6.45) is 3.55. The molecule has 6 nitrogen and oxygen atoms in total. The van der Waals surface area contributed by atoms with Gasteiger partial charge in [0.25, 0.3) is 5.69 Å². The van der Waals surface area contributed by atoms with Gasteiger partial charge in [-0.15, -0.1) is 0 Å². The van der Waals surface area contributed by atoms with Crippen molar-refractivity contribution < 1.29 is 9.72 Å². The molecule has 0 aliphatic heterocycles. The van der Waals surface area contributed by atoms with Gasteiger partial charge in [0.1, 0.15) is 0 Å². The number of nitro benzene ring substituents is 1. The molecule has 0 aromatic heterocycles. The summed E-state index contributed by atoms with van der Waals surface area (Å²) in [6.45, 7) is 2.75. The van der Waals surface area contributed by atoms with Crippen molar-refractivity contribution >= 4 is 11.6 Å². The number of nitrogens with one attached hydrogen (secondary N) is 2. The van der Waals surface area contributed by atoms with Crippen LogP contribution < -0.4 is 10.6 Å². The van der Waals surface area contributed by atoms with Crippen molar-refractivity contribution in [3.8, 4) is 0 Å². The van der Waals surface area contributed by atoms with Gasteiger partial charge in [-0.2, -0.15) is 0 Å². The van der Waals surface area contributed by atoms with E-state index in [1.54, 1.807) is 12.1 Å². The maximum absolute atomic E-state index is 11.5. The highest BCUT2D eigenvalue weighted by atomic mass is 16.6. The van der Waals surface area contributed by atoms with Crippen LogP contribution in [0.3, 0.4) is 0 Å². The molecule has 1 aliphatic rings. The fourth-order valence-electron chi connectivity index (χ4n) is 2.10. The topological polar surface area (TPSA) is 84.3 Å². The summed E-state index contributed by atoms with van der Waals surface area (Å²) in [6, 6.07) is 7.07. The standard InChI is InChI=1S/C15H21N3O3/c1-11(12-4-8-14(9-5-12)18(20)21)16-10-2-3-15(19)17-13-6-7-13/h4-5,8-9,11,13,16H,2-3,6-7,10H2,1H3,(H,17,19). The Bertz CT molecular complexity index is 497. The SMILES string of the molecule is CC(NCCCC(=O)NC1CC1)c1ccc([N+](=O)[O-])cc1. The Labute approximate surface area is 124 Å². The van der Waals surface area contributed by atoms with E-state index in [4.69, 9.17) is 0 Å². The van der Waals surface area contributed by atoms with Crippen LogP contribution in [0.25, 0.3) is 0 Å². The van der Waals surface area contributed by atoms with E-state index in [0.29, 0.717) is 12.5 Å². The van der Waals surface area contributed by atoms with E-state index in [1.165, 1.54) is 12.1 Å². The van der Waals surface area contributed by atoms with E-state index < -0.39 is 4.92 Å². The number of carbonyl (C=O) groups excluding carboxylic acids is 1. The van der Waals surface area contributed by atoms with E-state index in [2.05, 4.69) is 10.6 Å². The third kappa shape index (κ3) is 5.15. The van der Waals surface area contributed by atoms with Gasteiger partial charge in [0.05, 0.1) is 4.92 Å². The number of benzene rings is 1. The zero-order chi connectivity index (χ0) is 15.2. The molecule has 1 amide bonds. The minimum Gasteiger partial charge on any atom is -0.353 e. The van der Waals surface area contributed by atoms with Crippen molar-refractivity contribution in [2.24, 2.45) is 0 Å². The maximum atomic E-state index is 11.5. The normalized spacial score (nSPS) is 15.5. The molecule has 2 rings (SSSR count). The fraction of sp³-hybridized carbons (Fsp3) is 0.533. The summed E-state index contributed by atoms with van der Waals surface area (Å²) in [4.78, 5) is 21.7. The van der Waals surface area contributed by atoms with E-state index >= 15 is 0 Å². The molecule has 1 aromatic rings. The lowest BCUT2D eigenvalue weighted by Crippen LogP contribution is -2.27. The minimum absolute atomic E-state index is 0.0997. The third-order valence-corrected chi connectivity index (χ3v) is 3.58. The van der Waals surface area contributed by atoms with Crippen molar-refractivity contribution in [1.82, 2.24) is 10.6 Å². The molecule has 1 saturated carbocycles. The molecule has 1 aromatic carbocycles. The highest BCUT2D eigenvalue weighted by Gasteiger charge is 2.22. The molecule has 0 radical (unpaired) electrons. The monoisotopic (exact) mass is 291 g/mol. The molecular formula is C15H21N3O3. The molecule has 114 valence electrons. The van der Waals surface area contributed by atoms with Gasteiger partial charge < -0.3 is 10.6 Å². The summed E-state index contributed by atoms with van der Waals surface area (Å²) < 4.78 is 0. The van der Waals surface area contributed by atoms with Gasteiger partial charge in [-0.05, 0) is 38.3 Å². The third-order valence-electron chi connectivity index (χ3n) is 3.58. The van der Waals surface area contributed by atoms with E-state index in [1.807, 2.05) is 6.92 Å². The lowest BCUT2D eigenvalue weighted by Gasteiger charge is -2.14. The number of nitrogens with zero attached hydrogens (tertiary/aromatic N) is 1. The van der Waals surface area contributed by atoms with Crippen LogP contribution in [0, 0.1) is 10.1 Å². The van der Waals surface area contributed by atoms with E-state index in [9.17, 15) is 14.9 Å². The highest BCUT2D eigenvalue weighted by Crippen LogP contribution is 2.19. The summed E-state index contributed by atoms with van der Waals surface area (Å²) >= 11 is 0. The van der Waals surface area contributed by atoms with Crippen LogP contribution in [0.1, 0.15) is 44.2 Å². The number of amides is 1. The van der Waals surface area contributed by atoms with Gasteiger partial charge in [-0.1, -0.05) is 12.1 Å². The average molecular weight is 291 g/mol. The minimum atomic E-state index is -0.402.